The van der Waals surface area contributed by atoms with Crippen LogP contribution in [0.4, 0.5) is 13.2 Å². The maximum absolute atomic E-state index is 12.4. The van der Waals surface area contributed by atoms with Crippen molar-refractivity contribution in [3.05, 3.63) is 0 Å². The molecule has 3 nitrogen and oxygen atoms in total. The lowest BCUT2D eigenvalue weighted by Crippen LogP contribution is -2.62. The third-order valence-corrected chi connectivity index (χ3v) is 2.99. The van der Waals surface area contributed by atoms with Crippen LogP contribution in [-0.4, -0.2) is 35.7 Å². The zero-order valence-corrected chi connectivity index (χ0v) is 10.3. The second-order valence-electron chi connectivity index (χ2n) is 3.73. The van der Waals surface area contributed by atoms with Gasteiger partial charge in [-0.3, -0.25) is 4.79 Å². The number of hydrogen-bond acceptors (Lipinski definition) is 3. The van der Waals surface area contributed by atoms with Crippen molar-refractivity contribution in [1.29, 1.82) is 0 Å². The molecule has 0 bridgehead atoms. The highest BCUT2D eigenvalue weighted by Crippen LogP contribution is 2.28. The molecule has 0 saturated heterocycles. The first-order valence-electron chi connectivity index (χ1n) is 4.82. The van der Waals surface area contributed by atoms with Gasteiger partial charge in [-0.25, -0.2) is 0 Å². The van der Waals surface area contributed by atoms with Crippen molar-refractivity contribution in [2.75, 3.05) is 12.0 Å². The fourth-order valence-electron chi connectivity index (χ4n) is 0.927. The standard InChI is InChI=1S/C9H17F3N2OS/c1-4-6(5-16-3)14-7(15)8(2,13)9(10,11)12/h6H,4-5,13H2,1-3H3,(H,14,15). The third kappa shape index (κ3) is 3.86. The number of amides is 1. The highest BCUT2D eigenvalue weighted by Gasteiger charge is 2.54. The molecule has 7 heteroatoms. The van der Waals surface area contributed by atoms with Crippen molar-refractivity contribution in [2.24, 2.45) is 5.73 Å². The number of halogens is 3. The summed E-state index contributed by atoms with van der Waals surface area (Å²) < 4.78 is 37.3. The van der Waals surface area contributed by atoms with Crippen LogP contribution in [0.15, 0.2) is 0 Å². The van der Waals surface area contributed by atoms with Gasteiger partial charge in [-0.05, 0) is 19.6 Å². The summed E-state index contributed by atoms with van der Waals surface area (Å²) in [6, 6.07) is -0.285. The topological polar surface area (TPSA) is 55.1 Å². The third-order valence-electron chi connectivity index (χ3n) is 2.26. The summed E-state index contributed by atoms with van der Waals surface area (Å²) in [6.07, 6.45) is -2.35. The van der Waals surface area contributed by atoms with Crippen molar-refractivity contribution in [3.8, 4) is 0 Å². The van der Waals surface area contributed by atoms with E-state index in [4.69, 9.17) is 5.73 Å². The van der Waals surface area contributed by atoms with Gasteiger partial charge in [0.25, 0.3) is 0 Å². The summed E-state index contributed by atoms with van der Waals surface area (Å²) in [4.78, 5) is 11.4. The number of carbonyl (C=O) groups is 1. The van der Waals surface area contributed by atoms with Crippen LogP contribution in [0.2, 0.25) is 0 Å². The minimum Gasteiger partial charge on any atom is -0.351 e. The molecule has 2 atom stereocenters. The second kappa shape index (κ2) is 5.77. The highest BCUT2D eigenvalue weighted by molar-refractivity contribution is 7.98. The van der Waals surface area contributed by atoms with Gasteiger partial charge in [0.1, 0.15) is 0 Å². The molecule has 0 aliphatic carbocycles. The van der Waals surface area contributed by atoms with Crippen LogP contribution in [0, 0.1) is 0 Å². The summed E-state index contributed by atoms with van der Waals surface area (Å²) in [6.45, 7) is 2.47. The number of alkyl halides is 3. The Labute approximate surface area is 97.3 Å². The van der Waals surface area contributed by atoms with Gasteiger partial charge in [0.15, 0.2) is 5.54 Å². The summed E-state index contributed by atoms with van der Waals surface area (Å²) in [5.74, 6) is -0.614. The summed E-state index contributed by atoms with van der Waals surface area (Å²) in [5, 5.41) is 2.31. The molecule has 16 heavy (non-hydrogen) atoms. The molecule has 0 fully saturated rings. The zero-order chi connectivity index (χ0) is 13.0. The van der Waals surface area contributed by atoms with Gasteiger partial charge in [-0.2, -0.15) is 24.9 Å². The minimum absolute atomic E-state index is 0.285. The quantitative estimate of drug-likeness (QED) is 0.786. The number of carbonyl (C=O) groups excluding carboxylic acids is 1. The van der Waals surface area contributed by atoms with Gasteiger partial charge in [0.05, 0.1) is 0 Å². The minimum atomic E-state index is -4.74. The van der Waals surface area contributed by atoms with Gasteiger partial charge in [0, 0.05) is 11.8 Å². The fourth-order valence-corrected chi connectivity index (χ4v) is 1.65. The van der Waals surface area contributed by atoms with Crippen LogP contribution in [0.25, 0.3) is 0 Å². The largest absolute Gasteiger partial charge is 0.415 e. The van der Waals surface area contributed by atoms with Gasteiger partial charge in [-0.15, -0.1) is 0 Å². The van der Waals surface area contributed by atoms with E-state index in [0.29, 0.717) is 19.1 Å². The Hall–Kier alpha value is -0.430. The number of hydrogen-bond donors (Lipinski definition) is 2. The first kappa shape index (κ1) is 15.6. The van der Waals surface area contributed by atoms with Gasteiger partial charge < -0.3 is 11.1 Å². The van der Waals surface area contributed by atoms with E-state index in [0.717, 1.165) is 0 Å². The Kier molecular flexibility index (Phi) is 5.61. The lowest BCUT2D eigenvalue weighted by atomic mass is 10.0. The number of thioether (sulfide) groups is 1. The van der Waals surface area contributed by atoms with Crippen molar-refractivity contribution in [1.82, 2.24) is 5.32 Å². The lowest BCUT2D eigenvalue weighted by molar-refractivity contribution is -0.187. The van der Waals surface area contributed by atoms with Crippen LogP contribution in [0.1, 0.15) is 20.3 Å². The first-order valence-corrected chi connectivity index (χ1v) is 6.21. The normalized spacial score (nSPS) is 17.7. The molecule has 0 aromatic rings. The molecule has 3 N–H and O–H groups in total. The molecular weight excluding hydrogens is 241 g/mol. The van der Waals surface area contributed by atoms with Gasteiger partial charge >= 0.3 is 6.18 Å². The second-order valence-corrected chi connectivity index (χ2v) is 4.64. The van der Waals surface area contributed by atoms with Crippen LogP contribution >= 0.6 is 11.8 Å². The smallest absolute Gasteiger partial charge is 0.351 e. The maximum Gasteiger partial charge on any atom is 0.415 e. The Morgan fingerprint density at radius 2 is 2.00 bits per heavy atom. The van der Waals surface area contributed by atoms with Gasteiger partial charge in [-0.1, -0.05) is 6.92 Å². The fraction of sp³-hybridized carbons (Fsp3) is 0.889. The van der Waals surface area contributed by atoms with Crippen LogP contribution in [-0.2, 0) is 4.79 Å². The molecular formula is C9H17F3N2OS. The van der Waals surface area contributed by atoms with Crippen molar-refractivity contribution in [3.63, 3.8) is 0 Å². The van der Waals surface area contributed by atoms with Crippen LogP contribution < -0.4 is 11.1 Å². The number of rotatable bonds is 5. The Morgan fingerprint density at radius 3 is 2.31 bits per heavy atom. The van der Waals surface area contributed by atoms with E-state index in [2.05, 4.69) is 5.32 Å². The first-order chi connectivity index (χ1) is 7.16. The van der Waals surface area contributed by atoms with E-state index < -0.39 is 17.6 Å². The molecule has 0 spiro atoms. The molecule has 0 rings (SSSR count). The Bertz CT molecular complexity index is 243. The molecule has 0 aromatic heterocycles. The lowest BCUT2D eigenvalue weighted by Gasteiger charge is -2.28. The molecule has 0 heterocycles. The van der Waals surface area contributed by atoms with E-state index in [1.807, 2.05) is 6.26 Å². The van der Waals surface area contributed by atoms with E-state index in [1.54, 1.807) is 6.92 Å². The van der Waals surface area contributed by atoms with E-state index in [9.17, 15) is 18.0 Å². The summed E-state index contributed by atoms with van der Waals surface area (Å²) in [7, 11) is 0. The highest BCUT2D eigenvalue weighted by atomic mass is 32.2. The SMILES string of the molecule is CCC(CSC)NC(=O)C(C)(N)C(F)(F)F. The molecule has 0 aromatic carbocycles. The maximum atomic E-state index is 12.4. The van der Waals surface area contributed by atoms with E-state index in [-0.39, 0.29) is 6.04 Å². The Morgan fingerprint density at radius 1 is 1.50 bits per heavy atom. The average Bonchev–Trinajstić information content (AvgIpc) is 2.15. The van der Waals surface area contributed by atoms with Crippen molar-refractivity contribution < 1.29 is 18.0 Å². The van der Waals surface area contributed by atoms with E-state index >= 15 is 0 Å². The predicted molar refractivity (Wildman–Crippen MR) is 59.3 cm³/mol. The van der Waals surface area contributed by atoms with Crippen LogP contribution in [0.3, 0.4) is 0 Å². The molecule has 0 aliphatic heterocycles. The molecule has 0 radical (unpaired) electrons. The summed E-state index contributed by atoms with van der Waals surface area (Å²) >= 11 is 1.46. The van der Waals surface area contributed by atoms with Gasteiger partial charge in [0.2, 0.25) is 5.91 Å². The molecule has 0 saturated carbocycles. The monoisotopic (exact) mass is 258 g/mol. The summed E-state index contributed by atoms with van der Waals surface area (Å²) in [5.41, 5.74) is 2.16. The molecule has 2 unspecified atom stereocenters. The van der Waals surface area contributed by atoms with Crippen molar-refractivity contribution in [2.45, 2.75) is 38.0 Å². The molecule has 1 amide bonds. The molecule has 96 valence electrons. The Balaban J connectivity index is 4.56. The number of nitrogens with one attached hydrogen (secondary N) is 1. The molecule has 0 aliphatic rings. The number of nitrogens with two attached hydrogens (primary N) is 1. The average molecular weight is 258 g/mol. The predicted octanol–water partition coefficient (Wildman–Crippen LogP) is 1.52. The zero-order valence-electron chi connectivity index (χ0n) is 9.52. The van der Waals surface area contributed by atoms with Crippen molar-refractivity contribution >= 4 is 17.7 Å². The van der Waals surface area contributed by atoms with Crippen LogP contribution in [0.5, 0.6) is 0 Å². The van der Waals surface area contributed by atoms with E-state index in [1.165, 1.54) is 11.8 Å².